The highest BCUT2D eigenvalue weighted by molar-refractivity contribution is 5.95. The third-order valence-electron chi connectivity index (χ3n) is 3.36. The van der Waals surface area contributed by atoms with Crippen molar-refractivity contribution in [2.45, 2.75) is 6.92 Å². The maximum atomic E-state index is 12.8. The molecule has 0 saturated carbocycles. The standard InChI is InChI=1S/C13H15FN2O2/c1-8-6-16(7-11(8)12(15)17)13(18)9-2-4-10(14)5-3-9/h2-5,8,11H,6-7H2,1H3,(H2,15,17)/t8-,11-/m1/s1. The summed E-state index contributed by atoms with van der Waals surface area (Å²) in [5, 5.41) is 0. The van der Waals surface area contributed by atoms with Gasteiger partial charge in [-0.15, -0.1) is 0 Å². The molecule has 1 aromatic carbocycles. The maximum absolute atomic E-state index is 12.8. The van der Waals surface area contributed by atoms with Crippen LogP contribution in [0.1, 0.15) is 17.3 Å². The molecule has 2 atom stereocenters. The normalized spacial score (nSPS) is 23.1. The lowest BCUT2D eigenvalue weighted by Crippen LogP contribution is -2.31. The van der Waals surface area contributed by atoms with Crippen LogP contribution < -0.4 is 5.73 Å². The first-order chi connectivity index (χ1) is 8.49. The van der Waals surface area contributed by atoms with Gasteiger partial charge in [-0.1, -0.05) is 6.92 Å². The van der Waals surface area contributed by atoms with Crippen LogP contribution in [0.4, 0.5) is 4.39 Å². The van der Waals surface area contributed by atoms with Crippen molar-refractivity contribution in [1.29, 1.82) is 0 Å². The smallest absolute Gasteiger partial charge is 0.253 e. The van der Waals surface area contributed by atoms with Crippen LogP contribution in [0.25, 0.3) is 0 Å². The van der Waals surface area contributed by atoms with Gasteiger partial charge in [0.2, 0.25) is 5.91 Å². The van der Waals surface area contributed by atoms with E-state index in [2.05, 4.69) is 0 Å². The Morgan fingerprint density at radius 1 is 1.28 bits per heavy atom. The molecular weight excluding hydrogens is 235 g/mol. The Morgan fingerprint density at radius 2 is 1.89 bits per heavy atom. The first-order valence-corrected chi connectivity index (χ1v) is 5.83. The molecule has 0 aliphatic carbocycles. The monoisotopic (exact) mass is 250 g/mol. The Bertz CT molecular complexity index is 472. The second kappa shape index (κ2) is 4.76. The number of primary amides is 1. The van der Waals surface area contributed by atoms with Crippen molar-refractivity contribution in [3.63, 3.8) is 0 Å². The van der Waals surface area contributed by atoms with Gasteiger partial charge in [0, 0.05) is 18.7 Å². The molecule has 1 aromatic rings. The van der Waals surface area contributed by atoms with E-state index in [0.717, 1.165) is 0 Å². The summed E-state index contributed by atoms with van der Waals surface area (Å²) in [6.07, 6.45) is 0. The van der Waals surface area contributed by atoms with E-state index in [4.69, 9.17) is 5.73 Å². The van der Waals surface area contributed by atoms with E-state index in [0.29, 0.717) is 18.7 Å². The Labute approximate surface area is 105 Å². The number of carbonyl (C=O) groups is 2. The summed E-state index contributed by atoms with van der Waals surface area (Å²) in [5.74, 6) is -1.18. The summed E-state index contributed by atoms with van der Waals surface area (Å²) in [5.41, 5.74) is 5.71. The first-order valence-electron chi connectivity index (χ1n) is 5.83. The van der Waals surface area contributed by atoms with Gasteiger partial charge in [0.15, 0.2) is 0 Å². The quantitative estimate of drug-likeness (QED) is 0.851. The molecule has 1 fully saturated rings. The highest BCUT2D eigenvalue weighted by Gasteiger charge is 2.35. The number of hydrogen-bond acceptors (Lipinski definition) is 2. The highest BCUT2D eigenvalue weighted by Crippen LogP contribution is 2.24. The van der Waals surface area contributed by atoms with Gasteiger partial charge >= 0.3 is 0 Å². The molecule has 0 spiro atoms. The molecule has 1 aliphatic heterocycles. The highest BCUT2D eigenvalue weighted by atomic mass is 19.1. The Morgan fingerprint density at radius 3 is 2.39 bits per heavy atom. The van der Waals surface area contributed by atoms with Crippen molar-refractivity contribution in [2.24, 2.45) is 17.6 Å². The van der Waals surface area contributed by atoms with Crippen molar-refractivity contribution in [3.05, 3.63) is 35.6 Å². The molecule has 18 heavy (non-hydrogen) atoms. The predicted molar refractivity (Wildman–Crippen MR) is 64.2 cm³/mol. The summed E-state index contributed by atoms with van der Waals surface area (Å²) in [4.78, 5) is 24.9. The zero-order valence-corrected chi connectivity index (χ0v) is 10.1. The van der Waals surface area contributed by atoms with Crippen molar-refractivity contribution in [3.8, 4) is 0 Å². The average molecular weight is 250 g/mol. The van der Waals surface area contributed by atoms with Crippen LogP contribution in [0.2, 0.25) is 0 Å². The SMILES string of the molecule is C[C@@H]1CN(C(=O)c2ccc(F)cc2)C[C@H]1C(N)=O. The van der Waals surface area contributed by atoms with Crippen molar-refractivity contribution < 1.29 is 14.0 Å². The molecule has 96 valence electrons. The zero-order valence-electron chi connectivity index (χ0n) is 10.1. The number of nitrogens with two attached hydrogens (primary N) is 1. The zero-order chi connectivity index (χ0) is 13.3. The van der Waals surface area contributed by atoms with E-state index in [1.165, 1.54) is 24.3 Å². The van der Waals surface area contributed by atoms with E-state index in [-0.39, 0.29) is 29.5 Å². The summed E-state index contributed by atoms with van der Waals surface area (Å²) in [7, 11) is 0. The molecule has 2 rings (SSSR count). The number of nitrogens with zero attached hydrogens (tertiary/aromatic N) is 1. The second-order valence-corrected chi connectivity index (χ2v) is 4.70. The summed E-state index contributed by atoms with van der Waals surface area (Å²) >= 11 is 0. The van der Waals surface area contributed by atoms with Crippen LogP contribution in [-0.4, -0.2) is 29.8 Å². The molecule has 4 nitrogen and oxygen atoms in total. The number of benzene rings is 1. The van der Waals surface area contributed by atoms with Crippen LogP contribution in [0.5, 0.6) is 0 Å². The van der Waals surface area contributed by atoms with Crippen molar-refractivity contribution in [1.82, 2.24) is 4.90 Å². The molecule has 5 heteroatoms. The van der Waals surface area contributed by atoms with Gasteiger partial charge in [-0.3, -0.25) is 9.59 Å². The average Bonchev–Trinajstić information content (AvgIpc) is 2.71. The van der Waals surface area contributed by atoms with E-state index in [1.54, 1.807) is 4.90 Å². The molecule has 2 amide bonds. The Hall–Kier alpha value is -1.91. The molecular formula is C13H15FN2O2. The number of rotatable bonds is 2. The van der Waals surface area contributed by atoms with Crippen LogP contribution in [-0.2, 0) is 4.79 Å². The van der Waals surface area contributed by atoms with E-state index in [1.807, 2.05) is 6.92 Å². The van der Waals surface area contributed by atoms with Crippen molar-refractivity contribution in [2.75, 3.05) is 13.1 Å². The fraction of sp³-hybridized carbons (Fsp3) is 0.385. The molecule has 1 aliphatic rings. The molecule has 1 saturated heterocycles. The number of carbonyl (C=O) groups excluding carboxylic acids is 2. The van der Waals surface area contributed by atoms with Crippen LogP contribution in [0.3, 0.4) is 0 Å². The van der Waals surface area contributed by atoms with Gasteiger partial charge in [-0.25, -0.2) is 4.39 Å². The van der Waals surface area contributed by atoms with Crippen LogP contribution >= 0.6 is 0 Å². The lowest BCUT2D eigenvalue weighted by Gasteiger charge is -2.15. The van der Waals surface area contributed by atoms with Gasteiger partial charge < -0.3 is 10.6 Å². The second-order valence-electron chi connectivity index (χ2n) is 4.70. The van der Waals surface area contributed by atoms with Gasteiger partial charge in [0.1, 0.15) is 5.82 Å². The number of hydrogen-bond donors (Lipinski definition) is 1. The molecule has 2 N–H and O–H groups in total. The minimum atomic E-state index is -0.378. The third-order valence-corrected chi connectivity index (χ3v) is 3.36. The number of likely N-dealkylation sites (tertiary alicyclic amines) is 1. The predicted octanol–water partition coefficient (Wildman–Crippen LogP) is 1.02. The lowest BCUT2D eigenvalue weighted by atomic mass is 9.98. The van der Waals surface area contributed by atoms with E-state index < -0.39 is 0 Å². The maximum Gasteiger partial charge on any atom is 0.253 e. The number of halogens is 1. The molecule has 0 bridgehead atoms. The molecule has 0 radical (unpaired) electrons. The van der Waals surface area contributed by atoms with Crippen molar-refractivity contribution >= 4 is 11.8 Å². The summed E-state index contributed by atoms with van der Waals surface area (Å²) in [6, 6.07) is 5.39. The minimum absolute atomic E-state index is 0.0619. The topological polar surface area (TPSA) is 63.4 Å². The van der Waals surface area contributed by atoms with Crippen LogP contribution in [0, 0.1) is 17.7 Å². The third kappa shape index (κ3) is 2.34. The first kappa shape index (κ1) is 12.5. The van der Waals surface area contributed by atoms with Gasteiger partial charge in [0.25, 0.3) is 5.91 Å². The summed E-state index contributed by atoms with van der Waals surface area (Å²) in [6.45, 7) is 2.74. The molecule has 0 aromatic heterocycles. The van der Waals surface area contributed by atoms with Gasteiger partial charge in [0.05, 0.1) is 5.92 Å². The molecule has 1 heterocycles. The molecule has 0 unspecified atom stereocenters. The summed E-state index contributed by atoms with van der Waals surface area (Å²) < 4.78 is 12.8. The Balaban J connectivity index is 2.12. The van der Waals surface area contributed by atoms with E-state index >= 15 is 0 Å². The fourth-order valence-electron chi connectivity index (χ4n) is 2.28. The van der Waals surface area contributed by atoms with Gasteiger partial charge in [-0.2, -0.15) is 0 Å². The minimum Gasteiger partial charge on any atom is -0.369 e. The number of amides is 2. The Kier molecular flexibility index (Phi) is 3.32. The largest absolute Gasteiger partial charge is 0.369 e. The van der Waals surface area contributed by atoms with E-state index in [9.17, 15) is 14.0 Å². The fourth-order valence-corrected chi connectivity index (χ4v) is 2.28. The van der Waals surface area contributed by atoms with Gasteiger partial charge in [-0.05, 0) is 30.2 Å². The van der Waals surface area contributed by atoms with Crippen LogP contribution in [0.15, 0.2) is 24.3 Å². The lowest BCUT2D eigenvalue weighted by molar-refractivity contribution is -0.122.